The van der Waals surface area contributed by atoms with Crippen molar-refractivity contribution in [3.05, 3.63) is 0 Å². The summed E-state index contributed by atoms with van der Waals surface area (Å²) < 4.78 is 0. The quantitative estimate of drug-likeness (QED) is 0.666. The minimum atomic E-state index is -0.455. The third-order valence-electron chi connectivity index (χ3n) is 2.75. The average molecular weight is 198 g/mol. The van der Waals surface area contributed by atoms with Gasteiger partial charge in [-0.2, -0.15) is 0 Å². The van der Waals surface area contributed by atoms with Crippen LogP contribution in [0.5, 0.6) is 0 Å². The summed E-state index contributed by atoms with van der Waals surface area (Å²) in [5.74, 6) is 1.07. The van der Waals surface area contributed by atoms with Crippen molar-refractivity contribution >= 4 is 11.8 Å². The first-order valence-corrected chi connectivity index (χ1v) is 5.23. The van der Waals surface area contributed by atoms with E-state index in [1.807, 2.05) is 0 Å². The summed E-state index contributed by atoms with van der Waals surface area (Å²) in [7, 11) is 0. The molecule has 1 rings (SSSR count). The van der Waals surface area contributed by atoms with Crippen molar-refractivity contribution in [2.45, 2.75) is 38.5 Å². The van der Waals surface area contributed by atoms with Crippen LogP contribution in [-0.2, 0) is 4.79 Å². The van der Waals surface area contributed by atoms with Crippen LogP contribution in [0.2, 0.25) is 0 Å². The van der Waals surface area contributed by atoms with Gasteiger partial charge in [0.25, 0.3) is 0 Å². The van der Waals surface area contributed by atoms with Gasteiger partial charge >= 0.3 is 6.03 Å². The van der Waals surface area contributed by atoms with Gasteiger partial charge in [0.1, 0.15) is 5.78 Å². The number of hydrogen-bond acceptors (Lipinski definition) is 2. The Balaban J connectivity index is 2.02. The highest BCUT2D eigenvalue weighted by Gasteiger charge is 2.17. The molecule has 0 radical (unpaired) electrons. The first-order chi connectivity index (χ1) is 6.68. The molecule has 0 saturated heterocycles. The zero-order chi connectivity index (χ0) is 10.4. The molecule has 1 saturated carbocycles. The Hall–Kier alpha value is -1.06. The topological polar surface area (TPSA) is 72.2 Å². The predicted octanol–water partition coefficient (Wildman–Crippen LogP) is 1.19. The lowest BCUT2D eigenvalue weighted by molar-refractivity contribution is -0.121. The van der Waals surface area contributed by atoms with Crippen LogP contribution in [-0.4, -0.2) is 18.4 Å². The van der Waals surface area contributed by atoms with Gasteiger partial charge in [-0.1, -0.05) is 0 Å². The lowest BCUT2D eigenvalue weighted by Crippen LogP contribution is -2.30. The Morgan fingerprint density at radius 1 is 1.43 bits per heavy atom. The van der Waals surface area contributed by atoms with Crippen molar-refractivity contribution in [1.29, 1.82) is 0 Å². The molecule has 14 heavy (non-hydrogen) atoms. The van der Waals surface area contributed by atoms with Crippen molar-refractivity contribution in [3.8, 4) is 0 Å². The lowest BCUT2D eigenvalue weighted by Gasteiger charge is -2.20. The summed E-state index contributed by atoms with van der Waals surface area (Å²) in [6.07, 6.45) is 5.59. The molecular weight excluding hydrogens is 180 g/mol. The highest BCUT2D eigenvalue weighted by molar-refractivity contribution is 5.79. The zero-order valence-electron chi connectivity index (χ0n) is 8.42. The second-order valence-electron chi connectivity index (χ2n) is 3.92. The molecule has 4 heteroatoms. The van der Waals surface area contributed by atoms with E-state index in [0.29, 0.717) is 18.2 Å². The molecule has 1 aliphatic rings. The van der Waals surface area contributed by atoms with E-state index in [2.05, 4.69) is 5.32 Å². The van der Waals surface area contributed by atoms with Crippen molar-refractivity contribution in [1.82, 2.24) is 5.32 Å². The number of Topliss-reactive ketones (excluding diaryl/α,β-unsaturated/α-hetero) is 1. The molecule has 1 fully saturated rings. The van der Waals surface area contributed by atoms with E-state index in [4.69, 9.17) is 5.73 Å². The van der Waals surface area contributed by atoms with Crippen LogP contribution in [0, 0.1) is 5.92 Å². The molecule has 0 heterocycles. The Bertz CT molecular complexity index is 206. The molecule has 0 aromatic heterocycles. The van der Waals surface area contributed by atoms with Gasteiger partial charge in [-0.25, -0.2) is 4.79 Å². The van der Waals surface area contributed by atoms with Gasteiger partial charge < -0.3 is 11.1 Å². The molecule has 3 N–H and O–H groups in total. The van der Waals surface area contributed by atoms with Crippen LogP contribution in [0.15, 0.2) is 0 Å². The van der Waals surface area contributed by atoms with Gasteiger partial charge in [-0.3, -0.25) is 4.79 Å². The third-order valence-corrected chi connectivity index (χ3v) is 2.75. The standard InChI is InChI=1S/C10H18N2O2/c11-10(14)12-7-1-2-8-3-5-9(13)6-4-8/h8H,1-7H2,(H3,11,12,14). The maximum Gasteiger partial charge on any atom is 0.312 e. The molecule has 0 spiro atoms. The van der Waals surface area contributed by atoms with E-state index in [1.54, 1.807) is 0 Å². The summed E-state index contributed by atoms with van der Waals surface area (Å²) in [4.78, 5) is 21.3. The largest absolute Gasteiger partial charge is 0.352 e. The van der Waals surface area contributed by atoms with Crippen LogP contribution in [0.1, 0.15) is 38.5 Å². The first kappa shape index (κ1) is 11.0. The maximum atomic E-state index is 11.0. The normalized spacial score (nSPS) is 18.1. The second-order valence-corrected chi connectivity index (χ2v) is 3.92. The number of hydrogen-bond donors (Lipinski definition) is 2. The fraction of sp³-hybridized carbons (Fsp3) is 0.800. The van der Waals surface area contributed by atoms with Gasteiger partial charge in [0.15, 0.2) is 0 Å². The highest BCUT2D eigenvalue weighted by Crippen LogP contribution is 2.25. The fourth-order valence-corrected chi connectivity index (χ4v) is 1.89. The van der Waals surface area contributed by atoms with Gasteiger partial charge in [-0.15, -0.1) is 0 Å². The molecule has 2 amide bonds. The number of nitrogens with two attached hydrogens (primary N) is 1. The number of primary amides is 1. The highest BCUT2D eigenvalue weighted by atomic mass is 16.2. The molecule has 4 nitrogen and oxygen atoms in total. The predicted molar refractivity (Wildman–Crippen MR) is 53.8 cm³/mol. The number of carbonyl (C=O) groups excluding carboxylic acids is 2. The second kappa shape index (κ2) is 5.62. The first-order valence-electron chi connectivity index (χ1n) is 5.23. The van der Waals surface area contributed by atoms with Crippen molar-refractivity contribution in [3.63, 3.8) is 0 Å². The number of amides is 2. The van der Waals surface area contributed by atoms with Crippen molar-refractivity contribution in [2.24, 2.45) is 11.7 Å². The van der Waals surface area contributed by atoms with Crippen LogP contribution >= 0.6 is 0 Å². The maximum absolute atomic E-state index is 11.0. The number of rotatable bonds is 4. The van der Waals surface area contributed by atoms with E-state index in [9.17, 15) is 9.59 Å². The third kappa shape index (κ3) is 4.25. The molecule has 1 aliphatic carbocycles. The molecule has 0 aromatic carbocycles. The molecule has 80 valence electrons. The van der Waals surface area contributed by atoms with Gasteiger partial charge in [0.05, 0.1) is 0 Å². The Morgan fingerprint density at radius 3 is 2.64 bits per heavy atom. The molecule has 0 unspecified atom stereocenters. The minimum Gasteiger partial charge on any atom is -0.352 e. The number of carbonyl (C=O) groups is 2. The van der Waals surface area contributed by atoms with E-state index >= 15 is 0 Å². The van der Waals surface area contributed by atoms with Crippen molar-refractivity contribution in [2.75, 3.05) is 6.54 Å². The van der Waals surface area contributed by atoms with Gasteiger partial charge in [0.2, 0.25) is 0 Å². The van der Waals surface area contributed by atoms with Crippen LogP contribution < -0.4 is 11.1 Å². The molecule has 0 atom stereocenters. The Labute approximate surface area is 84.2 Å². The lowest BCUT2D eigenvalue weighted by atomic mass is 9.85. The minimum absolute atomic E-state index is 0.400. The zero-order valence-corrected chi connectivity index (χ0v) is 8.42. The van der Waals surface area contributed by atoms with Crippen LogP contribution in [0.4, 0.5) is 4.79 Å². The van der Waals surface area contributed by atoms with E-state index in [1.165, 1.54) is 0 Å². The number of urea groups is 1. The van der Waals surface area contributed by atoms with Crippen molar-refractivity contribution < 1.29 is 9.59 Å². The van der Waals surface area contributed by atoms with E-state index in [0.717, 1.165) is 38.5 Å². The molecular formula is C10H18N2O2. The molecule has 0 aromatic rings. The number of ketones is 1. The molecule has 0 bridgehead atoms. The fourth-order valence-electron chi connectivity index (χ4n) is 1.89. The van der Waals surface area contributed by atoms with Gasteiger partial charge in [-0.05, 0) is 31.6 Å². The Morgan fingerprint density at radius 2 is 2.07 bits per heavy atom. The number of nitrogens with one attached hydrogen (secondary N) is 1. The summed E-state index contributed by atoms with van der Waals surface area (Å²) in [5.41, 5.74) is 4.94. The van der Waals surface area contributed by atoms with Crippen LogP contribution in [0.3, 0.4) is 0 Å². The smallest absolute Gasteiger partial charge is 0.312 e. The van der Waals surface area contributed by atoms with Crippen LogP contribution in [0.25, 0.3) is 0 Å². The molecule has 0 aliphatic heterocycles. The van der Waals surface area contributed by atoms with E-state index in [-0.39, 0.29) is 0 Å². The SMILES string of the molecule is NC(=O)NCCCC1CCC(=O)CC1. The summed E-state index contributed by atoms with van der Waals surface area (Å²) in [6, 6.07) is -0.455. The summed E-state index contributed by atoms with van der Waals surface area (Å²) in [6.45, 7) is 0.653. The summed E-state index contributed by atoms with van der Waals surface area (Å²) >= 11 is 0. The monoisotopic (exact) mass is 198 g/mol. The average Bonchev–Trinajstić information content (AvgIpc) is 2.15. The van der Waals surface area contributed by atoms with E-state index < -0.39 is 6.03 Å². The Kier molecular flexibility index (Phi) is 4.43. The summed E-state index contributed by atoms with van der Waals surface area (Å²) in [5, 5.41) is 2.57. The van der Waals surface area contributed by atoms with Gasteiger partial charge in [0, 0.05) is 19.4 Å².